The Hall–Kier alpha value is -2.10. The molecule has 1 aliphatic carbocycles. The van der Waals surface area contributed by atoms with E-state index in [2.05, 4.69) is 15.5 Å². The zero-order chi connectivity index (χ0) is 13.8. The van der Waals surface area contributed by atoms with Crippen molar-refractivity contribution in [2.75, 3.05) is 12.4 Å². The third kappa shape index (κ3) is 2.90. The summed E-state index contributed by atoms with van der Waals surface area (Å²) in [6.45, 7) is 0. The maximum atomic E-state index is 5.96. The second-order valence-corrected chi connectivity index (χ2v) is 5.10. The normalized spacial score (nSPS) is 15.2. The van der Waals surface area contributed by atoms with Crippen LogP contribution in [-0.4, -0.2) is 23.3 Å². The van der Waals surface area contributed by atoms with Crippen molar-refractivity contribution in [2.24, 2.45) is 0 Å². The largest absolute Gasteiger partial charge is 0.490 e. The predicted molar refractivity (Wildman–Crippen MR) is 79.9 cm³/mol. The van der Waals surface area contributed by atoms with E-state index in [9.17, 15) is 0 Å². The molecule has 0 radical (unpaired) electrons. The SMILES string of the molecule is CNc1ccc(-c2ccc(OC3CCCC3)cc2)nn1. The number of hydrogen-bond donors (Lipinski definition) is 1. The second kappa shape index (κ2) is 5.90. The lowest BCUT2D eigenvalue weighted by atomic mass is 10.1. The van der Waals surface area contributed by atoms with Crippen LogP contribution in [0.1, 0.15) is 25.7 Å². The summed E-state index contributed by atoms with van der Waals surface area (Å²) in [5.74, 6) is 1.72. The highest BCUT2D eigenvalue weighted by Crippen LogP contribution is 2.26. The smallest absolute Gasteiger partial charge is 0.148 e. The second-order valence-electron chi connectivity index (χ2n) is 5.10. The molecule has 1 N–H and O–H groups in total. The van der Waals surface area contributed by atoms with Crippen molar-refractivity contribution in [1.29, 1.82) is 0 Å². The minimum Gasteiger partial charge on any atom is -0.490 e. The summed E-state index contributed by atoms with van der Waals surface area (Å²) in [5, 5.41) is 11.2. The summed E-state index contributed by atoms with van der Waals surface area (Å²) in [4.78, 5) is 0. The molecule has 0 bridgehead atoms. The van der Waals surface area contributed by atoms with Gasteiger partial charge in [-0.1, -0.05) is 0 Å². The van der Waals surface area contributed by atoms with Gasteiger partial charge in [-0.2, -0.15) is 0 Å². The fourth-order valence-electron chi connectivity index (χ4n) is 2.52. The Morgan fingerprint density at radius 1 is 1.00 bits per heavy atom. The summed E-state index contributed by atoms with van der Waals surface area (Å²) < 4.78 is 5.96. The Balaban J connectivity index is 1.71. The Labute approximate surface area is 119 Å². The molecule has 4 nitrogen and oxygen atoms in total. The fourth-order valence-corrected chi connectivity index (χ4v) is 2.52. The molecular weight excluding hydrogens is 250 g/mol. The van der Waals surface area contributed by atoms with Gasteiger partial charge < -0.3 is 10.1 Å². The van der Waals surface area contributed by atoms with Crippen LogP contribution in [0.5, 0.6) is 5.75 Å². The Morgan fingerprint density at radius 3 is 2.35 bits per heavy atom. The molecule has 0 atom stereocenters. The summed E-state index contributed by atoms with van der Waals surface area (Å²) >= 11 is 0. The van der Waals surface area contributed by atoms with Gasteiger partial charge in [0.2, 0.25) is 0 Å². The van der Waals surface area contributed by atoms with E-state index in [-0.39, 0.29) is 0 Å². The van der Waals surface area contributed by atoms with E-state index in [1.807, 2.05) is 43.4 Å². The zero-order valence-electron chi connectivity index (χ0n) is 11.7. The van der Waals surface area contributed by atoms with E-state index < -0.39 is 0 Å². The third-order valence-corrected chi connectivity index (χ3v) is 3.68. The van der Waals surface area contributed by atoms with Gasteiger partial charge in [0.05, 0.1) is 11.8 Å². The van der Waals surface area contributed by atoms with Crippen LogP contribution in [0.25, 0.3) is 11.3 Å². The van der Waals surface area contributed by atoms with E-state index in [0.29, 0.717) is 6.10 Å². The summed E-state index contributed by atoms with van der Waals surface area (Å²) in [5.41, 5.74) is 1.93. The van der Waals surface area contributed by atoms with Gasteiger partial charge in [-0.3, -0.25) is 0 Å². The zero-order valence-corrected chi connectivity index (χ0v) is 11.7. The van der Waals surface area contributed by atoms with Crippen molar-refractivity contribution < 1.29 is 4.74 Å². The molecule has 1 saturated carbocycles. The lowest BCUT2D eigenvalue weighted by Crippen LogP contribution is -2.10. The number of ether oxygens (including phenoxy) is 1. The van der Waals surface area contributed by atoms with Crippen LogP contribution < -0.4 is 10.1 Å². The van der Waals surface area contributed by atoms with E-state index in [1.165, 1.54) is 25.7 Å². The molecule has 0 saturated heterocycles. The number of benzene rings is 1. The van der Waals surface area contributed by atoms with Gasteiger partial charge in [0, 0.05) is 12.6 Å². The average molecular weight is 269 g/mol. The lowest BCUT2D eigenvalue weighted by Gasteiger charge is -2.13. The molecule has 20 heavy (non-hydrogen) atoms. The van der Waals surface area contributed by atoms with Crippen LogP contribution in [0.3, 0.4) is 0 Å². The topological polar surface area (TPSA) is 47.0 Å². The van der Waals surface area contributed by atoms with Crippen LogP contribution in [0.15, 0.2) is 36.4 Å². The first-order valence-electron chi connectivity index (χ1n) is 7.14. The average Bonchev–Trinajstić information content (AvgIpc) is 3.01. The maximum Gasteiger partial charge on any atom is 0.148 e. The number of rotatable bonds is 4. The fraction of sp³-hybridized carbons (Fsp3) is 0.375. The molecule has 1 fully saturated rings. The molecule has 1 aromatic carbocycles. The monoisotopic (exact) mass is 269 g/mol. The molecular formula is C16H19N3O. The van der Waals surface area contributed by atoms with Gasteiger partial charge in [0.1, 0.15) is 11.6 Å². The van der Waals surface area contributed by atoms with Crippen LogP contribution in [0.2, 0.25) is 0 Å². The molecule has 0 aliphatic heterocycles. The lowest BCUT2D eigenvalue weighted by molar-refractivity contribution is 0.210. The predicted octanol–water partition coefficient (Wildman–Crippen LogP) is 3.51. The molecule has 1 heterocycles. The van der Waals surface area contributed by atoms with E-state index in [1.54, 1.807) is 0 Å². The van der Waals surface area contributed by atoms with E-state index in [0.717, 1.165) is 22.8 Å². The van der Waals surface area contributed by atoms with Crippen LogP contribution in [-0.2, 0) is 0 Å². The molecule has 104 valence electrons. The number of aromatic nitrogens is 2. The molecule has 2 aromatic rings. The maximum absolute atomic E-state index is 5.96. The molecule has 3 rings (SSSR count). The van der Waals surface area contributed by atoms with Crippen molar-refractivity contribution in [3.63, 3.8) is 0 Å². The molecule has 0 spiro atoms. The summed E-state index contributed by atoms with van der Waals surface area (Å²) in [6, 6.07) is 12.0. The highest BCUT2D eigenvalue weighted by atomic mass is 16.5. The van der Waals surface area contributed by atoms with Crippen molar-refractivity contribution in [1.82, 2.24) is 10.2 Å². The number of nitrogens with one attached hydrogen (secondary N) is 1. The van der Waals surface area contributed by atoms with Gasteiger partial charge in [-0.15, -0.1) is 10.2 Å². The van der Waals surface area contributed by atoms with Crippen LogP contribution in [0, 0.1) is 0 Å². The minimum atomic E-state index is 0.399. The van der Waals surface area contributed by atoms with Crippen molar-refractivity contribution in [2.45, 2.75) is 31.8 Å². The minimum absolute atomic E-state index is 0.399. The molecule has 4 heteroatoms. The number of anilines is 1. The van der Waals surface area contributed by atoms with Gasteiger partial charge in [0.25, 0.3) is 0 Å². The van der Waals surface area contributed by atoms with Crippen LogP contribution in [0.4, 0.5) is 5.82 Å². The highest BCUT2D eigenvalue weighted by Gasteiger charge is 2.16. The summed E-state index contributed by atoms with van der Waals surface area (Å²) in [6.07, 6.45) is 5.33. The Bertz CT molecular complexity index is 545. The number of hydrogen-bond acceptors (Lipinski definition) is 4. The van der Waals surface area contributed by atoms with Gasteiger partial charge in [-0.05, 0) is 62.1 Å². The van der Waals surface area contributed by atoms with E-state index in [4.69, 9.17) is 4.74 Å². The quantitative estimate of drug-likeness (QED) is 0.922. The Morgan fingerprint density at radius 2 is 1.75 bits per heavy atom. The van der Waals surface area contributed by atoms with Crippen molar-refractivity contribution in [3.05, 3.63) is 36.4 Å². The highest BCUT2D eigenvalue weighted by molar-refractivity contribution is 5.60. The van der Waals surface area contributed by atoms with Crippen LogP contribution >= 0.6 is 0 Å². The van der Waals surface area contributed by atoms with Gasteiger partial charge >= 0.3 is 0 Å². The van der Waals surface area contributed by atoms with Crippen molar-refractivity contribution >= 4 is 5.82 Å². The molecule has 1 aromatic heterocycles. The third-order valence-electron chi connectivity index (χ3n) is 3.68. The summed E-state index contributed by atoms with van der Waals surface area (Å²) in [7, 11) is 1.83. The van der Waals surface area contributed by atoms with Crippen molar-refractivity contribution in [3.8, 4) is 17.0 Å². The van der Waals surface area contributed by atoms with Gasteiger partial charge in [0.15, 0.2) is 0 Å². The number of nitrogens with zero attached hydrogens (tertiary/aromatic N) is 2. The molecule has 0 amide bonds. The first kappa shape index (κ1) is 12.9. The standard InChI is InChI=1S/C16H19N3O/c1-17-16-11-10-15(18-19-16)12-6-8-14(9-7-12)20-13-4-2-3-5-13/h6-11,13H,2-5H2,1H3,(H,17,19). The van der Waals surface area contributed by atoms with E-state index >= 15 is 0 Å². The molecule has 1 aliphatic rings. The first-order valence-corrected chi connectivity index (χ1v) is 7.14. The first-order chi connectivity index (χ1) is 9.85. The Kier molecular flexibility index (Phi) is 3.81. The van der Waals surface area contributed by atoms with Gasteiger partial charge in [-0.25, -0.2) is 0 Å². The molecule has 0 unspecified atom stereocenters.